The Morgan fingerprint density at radius 3 is 2.90 bits per heavy atom. The number of benzene rings is 1. The van der Waals surface area contributed by atoms with Gasteiger partial charge in [-0.2, -0.15) is 5.10 Å². The third-order valence-electron chi connectivity index (χ3n) is 3.28. The summed E-state index contributed by atoms with van der Waals surface area (Å²) in [4.78, 5) is 13.9. The van der Waals surface area contributed by atoms with Crippen molar-refractivity contribution in [1.82, 2.24) is 9.78 Å². The first-order valence-corrected chi connectivity index (χ1v) is 7.35. The van der Waals surface area contributed by atoms with Crippen LogP contribution in [0.1, 0.15) is 11.4 Å². The zero-order valence-electron chi connectivity index (χ0n) is 11.3. The topological polar surface area (TPSA) is 47.4 Å². The van der Waals surface area contributed by atoms with E-state index in [0.717, 1.165) is 26.4 Å². The molecule has 0 saturated heterocycles. The molecule has 0 radical (unpaired) electrons. The van der Waals surface area contributed by atoms with Gasteiger partial charge in [0.05, 0.1) is 23.6 Å². The normalized spacial score (nSPS) is 14.2. The maximum atomic E-state index is 12.2. The second-order valence-corrected chi connectivity index (χ2v) is 6.03. The van der Waals surface area contributed by atoms with Crippen molar-refractivity contribution >= 4 is 34.2 Å². The van der Waals surface area contributed by atoms with Gasteiger partial charge in [0.1, 0.15) is 5.75 Å². The summed E-state index contributed by atoms with van der Waals surface area (Å²) in [6.45, 7) is 2.54. The third kappa shape index (κ3) is 2.39. The number of carbonyl (C=O) groups is 1. The second kappa shape index (κ2) is 5.08. The van der Waals surface area contributed by atoms with Crippen molar-refractivity contribution in [2.24, 2.45) is 7.05 Å². The molecule has 104 valence electrons. The SMILES string of the molecule is Cc1cc(CN2C(=O)COc3ccc(I)cc32)n(C)n1. The van der Waals surface area contributed by atoms with Crippen molar-refractivity contribution in [3.8, 4) is 5.75 Å². The van der Waals surface area contributed by atoms with Crippen LogP contribution in [0.4, 0.5) is 5.69 Å². The number of carbonyl (C=O) groups excluding carboxylic acids is 1. The van der Waals surface area contributed by atoms with Crippen LogP contribution in [-0.2, 0) is 18.4 Å². The molecule has 0 bridgehead atoms. The highest BCUT2D eigenvalue weighted by Crippen LogP contribution is 2.34. The number of nitrogens with zero attached hydrogens (tertiary/aromatic N) is 3. The number of hydrogen-bond donors (Lipinski definition) is 0. The summed E-state index contributed by atoms with van der Waals surface area (Å²) in [5.74, 6) is 0.724. The number of rotatable bonds is 2. The van der Waals surface area contributed by atoms with Gasteiger partial charge < -0.3 is 4.74 Å². The van der Waals surface area contributed by atoms with E-state index in [9.17, 15) is 4.79 Å². The molecule has 0 saturated carbocycles. The Labute approximate surface area is 130 Å². The fourth-order valence-corrected chi connectivity index (χ4v) is 2.80. The molecule has 6 heteroatoms. The van der Waals surface area contributed by atoms with Gasteiger partial charge in [0.15, 0.2) is 6.61 Å². The van der Waals surface area contributed by atoms with Gasteiger partial charge in [0.25, 0.3) is 5.91 Å². The molecule has 20 heavy (non-hydrogen) atoms. The molecule has 2 aromatic rings. The summed E-state index contributed by atoms with van der Waals surface area (Å²) >= 11 is 2.23. The Morgan fingerprint density at radius 2 is 2.20 bits per heavy atom. The van der Waals surface area contributed by atoms with E-state index in [4.69, 9.17) is 4.74 Å². The van der Waals surface area contributed by atoms with Crippen LogP contribution in [0.5, 0.6) is 5.75 Å². The van der Waals surface area contributed by atoms with Gasteiger partial charge in [0, 0.05) is 10.6 Å². The minimum atomic E-state index is -0.0293. The molecule has 0 N–H and O–H groups in total. The van der Waals surface area contributed by atoms with Gasteiger partial charge >= 0.3 is 0 Å². The average molecular weight is 383 g/mol. The lowest BCUT2D eigenvalue weighted by Crippen LogP contribution is -2.38. The van der Waals surface area contributed by atoms with Gasteiger partial charge in [-0.05, 0) is 53.8 Å². The first kappa shape index (κ1) is 13.4. The van der Waals surface area contributed by atoms with E-state index in [-0.39, 0.29) is 12.5 Å². The zero-order chi connectivity index (χ0) is 14.3. The van der Waals surface area contributed by atoms with Crippen molar-refractivity contribution in [2.45, 2.75) is 13.5 Å². The van der Waals surface area contributed by atoms with Gasteiger partial charge in [-0.3, -0.25) is 14.4 Å². The van der Waals surface area contributed by atoms with Crippen molar-refractivity contribution in [1.29, 1.82) is 0 Å². The molecule has 1 aromatic carbocycles. The summed E-state index contributed by atoms with van der Waals surface area (Å²) in [7, 11) is 1.89. The molecule has 1 aliphatic heterocycles. The van der Waals surface area contributed by atoms with Crippen LogP contribution in [0.25, 0.3) is 0 Å². The first-order valence-electron chi connectivity index (χ1n) is 6.27. The van der Waals surface area contributed by atoms with Gasteiger partial charge in [-0.1, -0.05) is 0 Å². The predicted octanol–water partition coefficient (Wildman–Crippen LogP) is 2.26. The maximum Gasteiger partial charge on any atom is 0.265 e. The number of amides is 1. The molecule has 1 aromatic heterocycles. The van der Waals surface area contributed by atoms with Crippen LogP contribution in [0.2, 0.25) is 0 Å². The summed E-state index contributed by atoms with van der Waals surface area (Å²) < 4.78 is 8.36. The number of ether oxygens (including phenoxy) is 1. The Kier molecular flexibility index (Phi) is 3.41. The van der Waals surface area contributed by atoms with Crippen LogP contribution in [0.3, 0.4) is 0 Å². The van der Waals surface area contributed by atoms with E-state index >= 15 is 0 Å². The molecule has 3 rings (SSSR count). The first-order chi connectivity index (χ1) is 9.54. The summed E-state index contributed by atoms with van der Waals surface area (Å²) in [5.41, 5.74) is 2.78. The number of fused-ring (bicyclic) bond motifs is 1. The number of hydrogen-bond acceptors (Lipinski definition) is 3. The van der Waals surface area contributed by atoms with Crippen LogP contribution in [0, 0.1) is 10.5 Å². The lowest BCUT2D eigenvalue weighted by molar-refractivity contribution is -0.121. The van der Waals surface area contributed by atoms with Crippen LogP contribution < -0.4 is 9.64 Å². The van der Waals surface area contributed by atoms with Crippen LogP contribution in [-0.4, -0.2) is 22.3 Å². The average Bonchev–Trinajstić information content (AvgIpc) is 2.71. The molecular formula is C14H14IN3O2. The smallest absolute Gasteiger partial charge is 0.265 e. The quantitative estimate of drug-likeness (QED) is 0.748. The minimum Gasteiger partial charge on any atom is -0.482 e. The summed E-state index contributed by atoms with van der Waals surface area (Å²) in [6, 6.07) is 7.85. The molecule has 1 aliphatic rings. The fourth-order valence-electron chi connectivity index (χ4n) is 2.32. The summed E-state index contributed by atoms with van der Waals surface area (Å²) in [6.07, 6.45) is 0. The molecule has 1 amide bonds. The molecule has 0 unspecified atom stereocenters. The standard InChI is InChI=1S/C14H14IN3O2/c1-9-5-11(17(2)16-9)7-18-12-6-10(15)3-4-13(12)20-8-14(18)19/h3-6H,7-8H2,1-2H3. The maximum absolute atomic E-state index is 12.2. The lowest BCUT2D eigenvalue weighted by Gasteiger charge is -2.29. The Balaban J connectivity index is 1.99. The van der Waals surface area contributed by atoms with Gasteiger partial charge in [-0.25, -0.2) is 0 Å². The van der Waals surface area contributed by atoms with E-state index in [2.05, 4.69) is 27.7 Å². The zero-order valence-corrected chi connectivity index (χ0v) is 13.4. The lowest BCUT2D eigenvalue weighted by atomic mass is 10.2. The van der Waals surface area contributed by atoms with Crippen molar-refractivity contribution < 1.29 is 9.53 Å². The van der Waals surface area contributed by atoms with E-state index < -0.39 is 0 Å². The second-order valence-electron chi connectivity index (χ2n) is 4.78. The fraction of sp³-hybridized carbons (Fsp3) is 0.286. The van der Waals surface area contributed by atoms with Gasteiger partial charge in [0.2, 0.25) is 0 Å². The molecule has 0 atom stereocenters. The third-order valence-corrected chi connectivity index (χ3v) is 3.95. The predicted molar refractivity (Wildman–Crippen MR) is 83.8 cm³/mol. The highest BCUT2D eigenvalue weighted by Gasteiger charge is 2.26. The Bertz CT molecular complexity index is 681. The van der Waals surface area contributed by atoms with Crippen molar-refractivity contribution in [3.05, 3.63) is 39.2 Å². The Morgan fingerprint density at radius 1 is 1.40 bits per heavy atom. The molecule has 2 heterocycles. The minimum absolute atomic E-state index is 0.0293. The van der Waals surface area contributed by atoms with E-state index in [1.807, 2.05) is 42.9 Å². The highest BCUT2D eigenvalue weighted by molar-refractivity contribution is 14.1. The van der Waals surface area contributed by atoms with Crippen molar-refractivity contribution in [3.63, 3.8) is 0 Å². The van der Waals surface area contributed by atoms with Crippen molar-refractivity contribution in [2.75, 3.05) is 11.5 Å². The number of anilines is 1. The molecule has 0 fully saturated rings. The number of aryl methyl sites for hydroxylation is 2. The molecule has 5 nitrogen and oxygen atoms in total. The number of aromatic nitrogens is 2. The number of halogens is 1. The largest absolute Gasteiger partial charge is 0.482 e. The van der Waals surface area contributed by atoms with E-state index in [1.165, 1.54) is 0 Å². The molecular weight excluding hydrogens is 369 g/mol. The summed E-state index contributed by atoms with van der Waals surface area (Å²) in [5, 5.41) is 4.32. The van der Waals surface area contributed by atoms with Crippen LogP contribution in [0.15, 0.2) is 24.3 Å². The highest BCUT2D eigenvalue weighted by atomic mass is 127. The van der Waals surface area contributed by atoms with Crippen LogP contribution >= 0.6 is 22.6 Å². The monoisotopic (exact) mass is 383 g/mol. The van der Waals surface area contributed by atoms with Gasteiger partial charge in [-0.15, -0.1) is 0 Å². The Hall–Kier alpha value is -1.57. The van der Waals surface area contributed by atoms with E-state index in [1.54, 1.807) is 4.90 Å². The molecule has 0 spiro atoms. The molecule has 0 aliphatic carbocycles. The van der Waals surface area contributed by atoms with E-state index in [0.29, 0.717) is 6.54 Å².